The van der Waals surface area contributed by atoms with Gasteiger partial charge in [0.05, 0.1) is 5.56 Å². The van der Waals surface area contributed by atoms with E-state index in [9.17, 15) is 14.0 Å². The smallest absolute Gasteiger partial charge is 0.242 e. The second-order valence-electron chi connectivity index (χ2n) is 6.35. The third kappa shape index (κ3) is 5.44. The van der Waals surface area contributed by atoms with Gasteiger partial charge in [0.1, 0.15) is 23.4 Å². The molecule has 2 unspecified atom stereocenters. The van der Waals surface area contributed by atoms with E-state index < -0.39 is 6.04 Å². The van der Waals surface area contributed by atoms with Crippen LogP contribution in [0.4, 0.5) is 4.39 Å². The van der Waals surface area contributed by atoms with E-state index >= 15 is 0 Å². The van der Waals surface area contributed by atoms with E-state index in [4.69, 9.17) is 4.42 Å². The summed E-state index contributed by atoms with van der Waals surface area (Å²) in [7, 11) is 0. The highest BCUT2D eigenvalue weighted by molar-refractivity contribution is 5.87. The number of furan rings is 1. The summed E-state index contributed by atoms with van der Waals surface area (Å²) in [6.45, 7) is 5.54. The summed E-state index contributed by atoms with van der Waals surface area (Å²) in [5.41, 5.74) is 0.388. The van der Waals surface area contributed by atoms with Gasteiger partial charge in [0.25, 0.3) is 0 Å². The molecule has 2 N–H and O–H groups in total. The minimum atomic E-state index is -0.595. The van der Waals surface area contributed by atoms with Crippen LogP contribution in [0.1, 0.15) is 39.4 Å². The highest BCUT2D eigenvalue weighted by Gasteiger charge is 2.17. The van der Waals surface area contributed by atoms with E-state index in [0.717, 1.165) is 6.42 Å². The molecule has 5 nitrogen and oxygen atoms in total. The van der Waals surface area contributed by atoms with Crippen molar-refractivity contribution < 1.29 is 18.4 Å². The fourth-order valence-corrected chi connectivity index (χ4v) is 2.40. The van der Waals surface area contributed by atoms with E-state index in [-0.39, 0.29) is 30.1 Å². The van der Waals surface area contributed by atoms with Gasteiger partial charge < -0.3 is 15.1 Å². The minimum absolute atomic E-state index is 0.0711. The van der Waals surface area contributed by atoms with E-state index in [1.807, 2.05) is 13.8 Å². The molecule has 2 aromatic rings. The van der Waals surface area contributed by atoms with E-state index in [1.54, 1.807) is 37.3 Å². The average Bonchev–Trinajstić information content (AvgIpc) is 3.08. The molecule has 0 fully saturated rings. The van der Waals surface area contributed by atoms with Crippen LogP contribution in [0.15, 0.2) is 40.8 Å². The summed E-state index contributed by atoms with van der Waals surface area (Å²) in [6, 6.07) is 9.26. The number of hydrogen-bond acceptors (Lipinski definition) is 3. The highest BCUT2D eigenvalue weighted by Crippen LogP contribution is 2.25. The molecule has 0 aliphatic rings. The number of halogens is 1. The van der Waals surface area contributed by atoms with Gasteiger partial charge in [-0.05, 0) is 44.5 Å². The maximum absolute atomic E-state index is 13.8. The summed E-state index contributed by atoms with van der Waals surface area (Å²) in [4.78, 5) is 24.0. The van der Waals surface area contributed by atoms with Crippen molar-refractivity contribution in [1.82, 2.24) is 10.6 Å². The van der Waals surface area contributed by atoms with Crippen molar-refractivity contribution in [3.63, 3.8) is 0 Å². The largest absolute Gasteiger partial charge is 0.461 e. The van der Waals surface area contributed by atoms with Crippen molar-refractivity contribution in [2.45, 2.75) is 52.1 Å². The molecule has 2 rings (SSSR count). The van der Waals surface area contributed by atoms with E-state index in [2.05, 4.69) is 10.6 Å². The third-order valence-electron chi connectivity index (χ3n) is 4.17. The Kier molecular flexibility index (Phi) is 6.95. The first kappa shape index (κ1) is 19.7. The van der Waals surface area contributed by atoms with Crippen molar-refractivity contribution in [3.8, 4) is 11.3 Å². The van der Waals surface area contributed by atoms with Crippen molar-refractivity contribution in [1.29, 1.82) is 0 Å². The van der Waals surface area contributed by atoms with Gasteiger partial charge in [-0.25, -0.2) is 4.39 Å². The van der Waals surface area contributed by atoms with Crippen LogP contribution in [-0.2, 0) is 16.0 Å². The first-order valence-corrected chi connectivity index (χ1v) is 8.84. The summed E-state index contributed by atoms with van der Waals surface area (Å²) in [5.74, 6) is 0.232. The molecule has 2 amide bonds. The lowest BCUT2D eigenvalue weighted by molar-refractivity contribution is -0.129. The topological polar surface area (TPSA) is 71.3 Å². The predicted octanol–water partition coefficient (Wildman–Crippen LogP) is 3.44. The van der Waals surface area contributed by atoms with Gasteiger partial charge in [-0.1, -0.05) is 19.1 Å². The Bertz CT molecular complexity index is 757. The summed E-state index contributed by atoms with van der Waals surface area (Å²) in [5, 5.41) is 5.50. The van der Waals surface area contributed by atoms with Crippen LogP contribution in [0, 0.1) is 5.82 Å². The third-order valence-corrected chi connectivity index (χ3v) is 4.17. The Morgan fingerprint density at radius 2 is 1.85 bits per heavy atom. The average molecular weight is 360 g/mol. The standard InChI is InChI=1S/C20H25FN2O3/c1-4-13(2)22-20(25)14(3)23-19(24)12-10-15-9-11-18(26-15)16-7-5-6-8-17(16)21/h5-9,11,13-14H,4,10,12H2,1-3H3,(H,22,25)(H,23,24). The number of amides is 2. The molecule has 0 spiro atoms. The second-order valence-corrected chi connectivity index (χ2v) is 6.35. The Morgan fingerprint density at radius 3 is 2.54 bits per heavy atom. The lowest BCUT2D eigenvalue weighted by atomic mass is 10.1. The first-order valence-electron chi connectivity index (χ1n) is 8.84. The molecule has 1 aromatic heterocycles. The van der Waals surface area contributed by atoms with Crippen LogP contribution in [-0.4, -0.2) is 23.9 Å². The first-order chi connectivity index (χ1) is 12.4. The van der Waals surface area contributed by atoms with Crippen molar-refractivity contribution in [2.24, 2.45) is 0 Å². The molecule has 140 valence electrons. The number of aryl methyl sites for hydroxylation is 1. The molecule has 0 aliphatic carbocycles. The fraction of sp³-hybridized carbons (Fsp3) is 0.400. The molecule has 26 heavy (non-hydrogen) atoms. The number of nitrogens with one attached hydrogen (secondary N) is 2. The minimum Gasteiger partial charge on any atom is -0.461 e. The van der Waals surface area contributed by atoms with Crippen LogP contribution in [0.2, 0.25) is 0 Å². The molecule has 0 saturated heterocycles. The normalized spacial score (nSPS) is 13.1. The summed E-state index contributed by atoms with van der Waals surface area (Å²) < 4.78 is 19.4. The number of carbonyl (C=O) groups is 2. The Labute approximate surface area is 153 Å². The van der Waals surface area contributed by atoms with Crippen LogP contribution >= 0.6 is 0 Å². The van der Waals surface area contributed by atoms with Crippen molar-refractivity contribution >= 4 is 11.8 Å². The quantitative estimate of drug-likeness (QED) is 0.757. The monoisotopic (exact) mass is 360 g/mol. The molecule has 1 aromatic carbocycles. The number of hydrogen-bond donors (Lipinski definition) is 2. The van der Waals surface area contributed by atoms with Crippen molar-refractivity contribution in [2.75, 3.05) is 0 Å². The second kappa shape index (κ2) is 9.17. The van der Waals surface area contributed by atoms with Gasteiger partial charge in [-0.15, -0.1) is 0 Å². The highest BCUT2D eigenvalue weighted by atomic mass is 19.1. The van der Waals surface area contributed by atoms with Crippen LogP contribution in [0.5, 0.6) is 0 Å². The maximum atomic E-state index is 13.8. The van der Waals surface area contributed by atoms with Gasteiger partial charge in [0, 0.05) is 18.9 Å². The molecule has 0 bridgehead atoms. The molecule has 0 saturated carbocycles. The summed E-state index contributed by atoms with van der Waals surface area (Å²) in [6.07, 6.45) is 1.39. The molecule has 0 radical (unpaired) electrons. The van der Waals surface area contributed by atoms with Gasteiger partial charge in [0.2, 0.25) is 11.8 Å². The van der Waals surface area contributed by atoms with Crippen LogP contribution < -0.4 is 10.6 Å². The summed E-state index contributed by atoms with van der Waals surface area (Å²) >= 11 is 0. The van der Waals surface area contributed by atoms with E-state index in [0.29, 0.717) is 23.5 Å². The fourth-order valence-electron chi connectivity index (χ4n) is 2.40. The zero-order chi connectivity index (χ0) is 19.1. The zero-order valence-corrected chi connectivity index (χ0v) is 15.3. The molecule has 1 heterocycles. The Balaban J connectivity index is 1.84. The van der Waals surface area contributed by atoms with Gasteiger partial charge in [-0.3, -0.25) is 9.59 Å². The lowest BCUT2D eigenvalue weighted by Crippen LogP contribution is -2.47. The van der Waals surface area contributed by atoms with Crippen LogP contribution in [0.25, 0.3) is 11.3 Å². The SMILES string of the molecule is CCC(C)NC(=O)C(C)NC(=O)CCc1ccc(-c2ccccc2F)o1. The predicted molar refractivity (Wildman–Crippen MR) is 97.9 cm³/mol. The zero-order valence-electron chi connectivity index (χ0n) is 15.3. The molecular weight excluding hydrogens is 335 g/mol. The molecule has 0 aliphatic heterocycles. The van der Waals surface area contributed by atoms with Crippen LogP contribution in [0.3, 0.4) is 0 Å². The Morgan fingerprint density at radius 1 is 1.12 bits per heavy atom. The van der Waals surface area contributed by atoms with Crippen molar-refractivity contribution in [3.05, 3.63) is 48.0 Å². The van der Waals surface area contributed by atoms with Gasteiger partial charge in [-0.2, -0.15) is 0 Å². The number of benzene rings is 1. The molecule has 6 heteroatoms. The molecule has 2 atom stereocenters. The molecular formula is C20H25FN2O3. The van der Waals surface area contributed by atoms with E-state index in [1.165, 1.54) is 6.07 Å². The van der Waals surface area contributed by atoms with Gasteiger partial charge in [0.15, 0.2) is 0 Å². The number of carbonyl (C=O) groups excluding carboxylic acids is 2. The number of rotatable bonds is 8. The maximum Gasteiger partial charge on any atom is 0.242 e. The Hall–Kier alpha value is -2.63. The van der Waals surface area contributed by atoms with Gasteiger partial charge >= 0.3 is 0 Å². The lowest BCUT2D eigenvalue weighted by Gasteiger charge is -2.17.